The third kappa shape index (κ3) is 3.29. The minimum Gasteiger partial charge on any atom is -0.353 e. The Kier molecular flexibility index (Phi) is 4.61. The topological polar surface area (TPSA) is 45.6 Å². The van der Waals surface area contributed by atoms with Gasteiger partial charge in [0.2, 0.25) is 11.8 Å². The van der Waals surface area contributed by atoms with E-state index in [1.54, 1.807) is 36.0 Å². The molecule has 2 aromatic rings. The van der Waals surface area contributed by atoms with Crippen molar-refractivity contribution in [2.75, 3.05) is 14.1 Å². The van der Waals surface area contributed by atoms with Gasteiger partial charge in [-0.2, -0.15) is 0 Å². The predicted octanol–water partition coefficient (Wildman–Crippen LogP) is 2.34. The Morgan fingerprint density at radius 2 is 1.92 bits per heavy atom. The van der Waals surface area contributed by atoms with Crippen molar-refractivity contribution >= 4 is 11.8 Å². The van der Waals surface area contributed by atoms with Crippen molar-refractivity contribution in [1.82, 2.24) is 14.4 Å². The molecule has 1 fully saturated rings. The van der Waals surface area contributed by atoms with Gasteiger partial charge in [-0.3, -0.25) is 9.59 Å². The molecule has 0 saturated carbocycles. The van der Waals surface area contributed by atoms with Gasteiger partial charge < -0.3 is 14.4 Å². The van der Waals surface area contributed by atoms with Crippen LogP contribution in [0.3, 0.4) is 0 Å². The number of nitrogens with zero attached hydrogens (tertiary/aromatic N) is 3. The van der Waals surface area contributed by atoms with Crippen molar-refractivity contribution < 1.29 is 14.0 Å². The summed E-state index contributed by atoms with van der Waals surface area (Å²) >= 11 is 0. The molecule has 25 heavy (non-hydrogen) atoms. The lowest BCUT2D eigenvalue weighted by Crippen LogP contribution is -2.36. The van der Waals surface area contributed by atoms with Crippen molar-refractivity contribution in [2.45, 2.75) is 19.0 Å². The van der Waals surface area contributed by atoms with Crippen LogP contribution in [-0.2, 0) is 23.2 Å². The maximum absolute atomic E-state index is 13.2. The molecule has 1 saturated heterocycles. The van der Waals surface area contributed by atoms with Gasteiger partial charge in [-0.15, -0.1) is 0 Å². The van der Waals surface area contributed by atoms with Crippen LogP contribution in [0, 0.1) is 11.7 Å². The van der Waals surface area contributed by atoms with Gasteiger partial charge in [-0.1, -0.05) is 12.1 Å². The summed E-state index contributed by atoms with van der Waals surface area (Å²) in [5.41, 5.74) is 1.80. The quantitative estimate of drug-likeness (QED) is 0.855. The average Bonchev–Trinajstić information content (AvgIpc) is 3.12. The molecule has 1 aliphatic rings. The first-order valence-corrected chi connectivity index (χ1v) is 8.25. The Bertz CT molecular complexity index is 784. The summed E-state index contributed by atoms with van der Waals surface area (Å²) in [5, 5.41) is 0. The van der Waals surface area contributed by atoms with Crippen LogP contribution in [0.4, 0.5) is 4.39 Å². The van der Waals surface area contributed by atoms with Crippen molar-refractivity contribution in [1.29, 1.82) is 0 Å². The molecule has 1 aromatic carbocycles. The second-order valence-corrected chi connectivity index (χ2v) is 6.62. The first-order chi connectivity index (χ1) is 11.9. The van der Waals surface area contributed by atoms with Crippen LogP contribution >= 0.6 is 0 Å². The molecule has 132 valence electrons. The smallest absolute Gasteiger partial charge is 0.228 e. The minimum atomic E-state index is -0.465. The number of aromatic nitrogens is 1. The fraction of sp³-hybridized carbons (Fsp3) is 0.368. The van der Waals surface area contributed by atoms with E-state index in [1.807, 2.05) is 29.9 Å². The van der Waals surface area contributed by atoms with Crippen LogP contribution < -0.4 is 0 Å². The molecule has 2 heterocycles. The molecule has 3 rings (SSSR count). The van der Waals surface area contributed by atoms with E-state index in [4.69, 9.17) is 0 Å². The van der Waals surface area contributed by atoms with E-state index in [0.717, 1.165) is 11.3 Å². The highest BCUT2D eigenvalue weighted by Gasteiger charge is 2.43. The minimum absolute atomic E-state index is 0.0695. The van der Waals surface area contributed by atoms with E-state index in [1.165, 1.54) is 12.1 Å². The maximum atomic E-state index is 13.2. The van der Waals surface area contributed by atoms with Gasteiger partial charge >= 0.3 is 0 Å². The normalized spacial score (nSPS) is 20.2. The first kappa shape index (κ1) is 17.2. The Hall–Kier alpha value is -2.63. The molecule has 2 atom stereocenters. The number of aryl methyl sites for hydroxylation is 1. The van der Waals surface area contributed by atoms with E-state index >= 15 is 0 Å². The average molecular weight is 343 g/mol. The number of benzene rings is 1. The van der Waals surface area contributed by atoms with E-state index in [2.05, 4.69) is 0 Å². The third-order valence-electron chi connectivity index (χ3n) is 4.94. The lowest BCUT2D eigenvalue weighted by molar-refractivity contribution is -0.135. The number of amides is 2. The van der Waals surface area contributed by atoms with Gasteiger partial charge in [0.25, 0.3) is 0 Å². The van der Waals surface area contributed by atoms with E-state index in [-0.39, 0.29) is 30.1 Å². The fourth-order valence-electron chi connectivity index (χ4n) is 3.47. The van der Waals surface area contributed by atoms with Gasteiger partial charge in [0.05, 0.1) is 18.5 Å². The lowest BCUT2D eigenvalue weighted by atomic mass is 9.92. The molecular formula is C19H22FN3O2. The van der Waals surface area contributed by atoms with E-state index in [0.29, 0.717) is 6.54 Å². The zero-order valence-electron chi connectivity index (χ0n) is 14.6. The number of halogens is 1. The summed E-state index contributed by atoms with van der Waals surface area (Å²) < 4.78 is 15.2. The van der Waals surface area contributed by atoms with Crippen LogP contribution in [-0.4, -0.2) is 40.3 Å². The number of carbonyl (C=O) groups is 2. The molecule has 5 nitrogen and oxygen atoms in total. The second-order valence-electron chi connectivity index (χ2n) is 6.62. The molecule has 0 bridgehead atoms. The molecule has 1 aliphatic heterocycles. The Balaban J connectivity index is 1.83. The van der Waals surface area contributed by atoms with Crippen molar-refractivity contribution in [3.8, 4) is 0 Å². The number of rotatable bonds is 4. The number of hydrogen-bond acceptors (Lipinski definition) is 2. The molecule has 2 unspecified atom stereocenters. The van der Waals surface area contributed by atoms with Gasteiger partial charge in [-0.05, 0) is 29.8 Å². The standard InChI is InChI=1S/C19H22FN3O2/c1-21-10-4-5-15(21)12-22(2)19(25)16-11-17(24)23(3)18(16)13-6-8-14(20)9-7-13/h4-10,16,18H,11-12H2,1-3H3. The fourth-order valence-corrected chi connectivity index (χ4v) is 3.47. The van der Waals surface area contributed by atoms with Gasteiger partial charge in [0, 0.05) is 39.5 Å². The summed E-state index contributed by atoms with van der Waals surface area (Å²) in [7, 11) is 5.38. The van der Waals surface area contributed by atoms with Crippen LogP contribution in [0.2, 0.25) is 0 Å². The molecule has 0 aliphatic carbocycles. The largest absolute Gasteiger partial charge is 0.353 e. The third-order valence-corrected chi connectivity index (χ3v) is 4.94. The SMILES string of the molecule is CN(Cc1cccn1C)C(=O)C1CC(=O)N(C)C1c1ccc(F)cc1. The molecule has 0 N–H and O–H groups in total. The summed E-state index contributed by atoms with van der Waals surface area (Å²) in [4.78, 5) is 28.4. The van der Waals surface area contributed by atoms with Gasteiger partial charge in [0.1, 0.15) is 5.82 Å². The van der Waals surface area contributed by atoms with Gasteiger partial charge in [0.15, 0.2) is 0 Å². The van der Waals surface area contributed by atoms with Crippen molar-refractivity contribution in [2.24, 2.45) is 13.0 Å². The van der Waals surface area contributed by atoms with Crippen LogP contribution in [0.1, 0.15) is 23.7 Å². The van der Waals surface area contributed by atoms with Gasteiger partial charge in [-0.25, -0.2) is 4.39 Å². The molecule has 0 radical (unpaired) electrons. The monoisotopic (exact) mass is 343 g/mol. The summed E-state index contributed by atoms with van der Waals surface area (Å²) in [5.74, 6) is -0.944. The van der Waals surface area contributed by atoms with Crippen molar-refractivity contribution in [3.05, 3.63) is 59.7 Å². The van der Waals surface area contributed by atoms with Crippen molar-refractivity contribution in [3.63, 3.8) is 0 Å². The molecular weight excluding hydrogens is 321 g/mol. The predicted molar refractivity (Wildman–Crippen MR) is 91.9 cm³/mol. The van der Waals surface area contributed by atoms with Crippen LogP contribution in [0.25, 0.3) is 0 Å². The Labute approximate surface area is 146 Å². The Morgan fingerprint density at radius 3 is 2.52 bits per heavy atom. The highest BCUT2D eigenvalue weighted by molar-refractivity contribution is 5.90. The highest BCUT2D eigenvalue weighted by Crippen LogP contribution is 2.38. The second kappa shape index (κ2) is 6.70. The Morgan fingerprint density at radius 1 is 1.24 bits per heavy atom. The highest BCUT2D eigenvalue weighted by atomic mass is 19.1. The maximum Gasteiger partial charge on any atom is 0.228 e. The number of hydrogen-bond donors (Lipinski definition) is 0. The summed E-state index contributed by atoms with van der Waals surface area (Å²) in [6.45, 7) is 0.479. The molecule has 0 spiro atoms. The van der Waals surface area contributed by atoms with Crippen LogP contribution in [0.5, 0.6) is 0 Å². The lowest BCUT2D eigenvalue weighted by Gasteiger charge is -2.28. The number of likely N-dealkylation sites (tertiary alicyclic amines) is 1. The first-order valence-electron chi connectivity index (χ1n) is 8.25. The van der Waals surface area contributed by atoms with E-state index in [9.17, 15) is 14.0 Å². The molecule has 2 amide bonds. The molecule has 1 aromatic heterocycles. The zero-order chi connectivity index (χ0) is 18.1. The number of carbonyl (C=O) groups excluding carboxylic acids is 2. The summed E-state index contributed by atoms with van der Waals surface area (Å²) in [6, 6.07) is 9.55. The van der Waals surface area contributed by atoms with E-state index < -0.39 is 5.92 Å². The zero-order valence-corrected chi connectivity index (χ0v) is 14.6. The molecule has 6 heteroatoms. The van der Waals surface area contributed by atoms with Crippen LogP contribution in [0.15, 0.2) is 42.6 Å². The summed E-state index contributed by atoms with van der Waals surface area (Å²) in [6.07, 6.45) is 2.11.